The van der Waals surface area contributed by atoms with Crippen molar-refractivity contribution < 1.29 is 0 Å². The molecule has 0 bridgehead atoms. The number of unbranched alkanes of at least 4 members (excludes halogenated alkanes) is 1. The average molecular weight is 271 g/mol. The summed E-state index contributed by atoms with van der Waals surface area (Å²) >= 11 is 0. The maximum atomic E-state index is 4.33. The highest BCUT2D eigenvalue weighted by molar-refractivity contribution is 5.72. The van der Waals surface area contributed by atoms with Gasteiger partial charge in [-0.3, -0.25) is 4.99 Å². The summed E-state index contributed by atoms with van der Waals surface area (Å²) in [7, 11) is 0. The van der Waals surface area contributed by atoms with Crippen molar-refractivity contribution in [3.05, 3.63) is 59.3 Å². The smallest absolute Gasteiger partial charge is 0.0389 e. The van der Waals surface area contributed by atoms with Gasteiger partial charge < -0.3 is 0 Å². The molecule has 0 radical (unpaired) electrons. The lowest BCUT2D eigenvalue weighted by Crippen LogP contribution is -1.79. The van der Waals surface area contributed by atoms with Gasteiger partial charge in [0.25, 0.3) is 0 Å². The SMILES string of the molecule is CCCCN=CC=C(C)C=CC=C(C)C=CC=C(C)C. The van der Waals surface area contributed by atoms with Crippen LogP contribution >= 0.6 is 0 Å². The summed E-state index contributed by atoms with van der Waals surface area (Å²) in [5.41, 5.74) is 3.76. The maximum absolute atomic E-state index is 4.33. The van der Waals surface area contributed by atoms with Gasteiger partial charge in [0.05, 0.1) is 0 Å². The van der Waals surface area contributed by atoms with Gasteiger partial charge in [-0.2, -0.15) is 0 Å². The zero-order valence-electron chi connectivity index (χ0n) is 13.7. The lowest BCUT2D eigenvalue weighted by Gasteiger charge is -1.90. The third-order valence-electron chi connectivity index (χ3n) is 2.59. The highest BCUT2D eigenvalue weighted by atomic mass is 14.7. The molecule has 0 saturated carbocycles. The minimum absolute atomic E-state index is 0.929. The molecule has 0 saturated heterocycles. The molecule has 20 heavy (non-hydrogen) atoms. The van der Waals surface area contributed by atoms with Crippen LogP contribution < -0.4 is 0 Å². The zero-order chi connectivity index (χ0) is 15.2. The van der Waals surface area contributed by atoms with Crippen molar-refractivity contribution in [2.24, 2.45) is 4.99 Å². The van der Waals surface area contributed by atoms with Crippen LogP contribution in [0.4, 0.5) is 0 Å². The van der Waals surface area contributed by atoms with Crippen LogP contribution in [-0.2, 0) is 0 Å². The number of allylic oxidation sites excluding steroid dienone is 10. The number of rotatable bonds is 8. The third kappa shape index (κ3) is 12.8. The van der Waals surface area contributed by atoms with Crippen molar-refractivity contribution in [2.75, 3.05) is 6.54 Å². The van der Waals surface area contributed by atoms with Crippen LogP contribution in [0.2, 0.25) is 0 Å². The van der Waals surface area contributed by atoms with E-state index < -0.39 is 0 Å². The van der Waals surface area contributed by atoms with E-state index in [-0.39, 0.29) is 0 Å². The fraction of sp³-hybridized carbons (Fsp3) is 0.421. The minimum atomic E-state index is 0.929. The molecule has 110 valence electrons. The van der Waals surface area contributed by atoms with Crippen molar-refractivity contribution in [1.82, 2.24) is 0 Å². The van der Waals surface area contributed by atoms with Crippen LogP contribution in [0.25, 0.3) is 0 Å². The van der Waals surface area contributed by atoms with Crippen molar-refractivity contribution in [2.45, 2.75) is 47.5 Å². The third-order valence-corrected chi connectivity index (χ3v) is 2.59. The first-order valence-corrected chi connectivity index (χ1v) is 7.39. The van der Waals surface area contributed by atoms with E-state index in [0.717, 1.165) is 6.54 Å². The predicted octanol–water partition coefficient (Wildman–Crippen LogP) is 5.83. The molecule has 0 atom stereocenters. The zero-order valence-corrected chi connectivity index (χ0v) is 13.7. The van der Waals surface area contributed by atoms with Crippen molar-refractivity contribution >= 4 is 6.21 Å². The van der Waals surface area contributed by atoms with Crippen LogP contribution in [0, 0.1) is 0 Å². The molecule has 0 aromatic rings. The van der Waals surface area contributed by atoms with Gasteiger partial charge in [-0.1, -0.05) is 60.9 Å². The van der Waals surface area contributed by atoms with Crippen LogP contribution in [0.15, 0.2) is 64.2 Å². The Balaban J connectivity index is 4.27. The van der Waals surface area contributed by atoms with Gasteiger partial charge in [0, 0.05) is 12.8 Å². The number of aliphatic imine (C=N–C) groups is 1. The Bertz CT molecular complexity index is 425. The number of hydrogen-bond acceptors (Lipinski definition) is 1. The monoisotopic (exact) mass is 271 g/mol. The summed E-state index contributed by atoms with van der Waals surface area (Å²) in [5.74, 6) is 0. The summed E-state index contributed by atoms with van der Waals surface area (Å²) in [6.07, 6.45) is 18.9. The first kappa shape index (κ1) is 18.4. The highest BCUT2D eigenvalue weighted by Crippen LogP contribution is 2.00. The van der Waals surface area contributed by atoms with Crippen LogP contribution in [0.1, 0.15) is 47.5 Å². The molecule has 0 aromatic carbocycles. The lowest BCUT2D eigenvalue weighted by molar-refractivity contribution is 0.810. The van der Waals surface area contributed by atoms with Gasteiger partial charge in [0.15, 0.2) is 0 Å². The molecule has 0 aromatic heterocycles. The standard InChI is InChI=1S/C19H29N/c1-6-7-15-20-16-14-19(5)13-9-12-18(4)11-8-10-17(2)3/h8-14,16H,6-7,15H2,1-5H3. The van der Waals surface area contributed by atoms with Gasteiger partial charge in [-0.25, -0.2) is 0 Å². The van der Waals surface area contributed by atoms with Crippen LogP contribution in [0.5, 0.6) is 0 Å². The summed E-state index contributed by atoms with van der Waals surface area (Å²) in [6.45, 7) is 11.5. The second-order valence-corrected chi connectivity index (χ2v) is 5.19. The Morgan fingerprint density at radius 1 is 0.850 bits per heavy atom. The highest BCUT2D eigenvalue weighted by Gasteiger charge is 1.81. The van der Waals surface area contributed by atoms with E-state index in [4.69, 9.17) is 0 Å². The topological polar surface area (TPSA) is 12.4 Å². The Hall–Kier alpha value is -1.63. The Kier molecular flexibility index (Phi) is 11.4. The molecule has 0 rings (SSSR count). The van der Waals surface area contributed by atoms with Crippen molar-refractivity contribution in [1.29, 1.82) is 0 Å². The molecule has 0 N–H and O–H groups in total. The van der Waals surface area contributed by atoms with Crippen LogP contribution in [-0.4, -0.2) is 12.8 Å². The molecule has 0 aliphatic heterocycles. The van der Waals surface area contributed by atoms with E-state index in [9.17, 15) is 0 Å². The molecule has 0 aliphatic rings. The molecule has 1 heteroatoms. The maximum Gasteiger partial charge on any atom is 0.0389 e. The predicted molar refractivity (Wildman–Crippen MR) is 93.5 cm³/mol. The Labute approximate surface area is 125 Å². The lowest BCUT2D eigenvalue weighted by atomic mass is 10.2. The second kappa shape index (κ2) is 12.4. The Morgan fingerprint density at radius 3 is 2.05 bits per heavy atom. The van der Waals surface area contributed by atoms with Gasteiger partial charge in [0.2, 0.25) is 0 Å². The van der Waals surface area contributed by atoms with E-state index >= 15 is 0 Å². The van der Waals surface area contributed by atoms with Gasteiger partial charge in [-0.15, -0.1) is 0 Å². The molecule has 0 amide bonds. The minimum Gasteiger partial charge on any atom is -0.293 e. The molecular formula is C19H29N. The molecular weight excluding hydrogens is 242 g/mol. The Morgan fingerprint density at radius 2 is 1.45 bits per heavy atom. The fourth-order valence-electron chi connectivity index (χ4n) is 1.35. The van der Waals surface area contributed by atoms with Gasteiger partial charge in [-0.05, 0) is 45.8 Å². The molecule has 1 nitrogen and oxygen atoms in total. The van der Waals surface area contributed by atoms with Gasteiger partial charge >= 0.3 is 0 Å². The van der Waals surface area contributed by atoms with E-state index in [1.165, 1.54) is 29.6 Å². The fourth-order valence-corrected chi connectivity index (χ4v) is 1.35. The van der Waals surface area contributed by atoms with E-state index in [1.807, 2.05) is 12.3 Å². The average Bonchev–Trinajstić information content (AvgIpc) is 2.38. The second-order valence-electron chi connectivity index (χ2n) is 5.19. The van der Waals surface area contributed by atoms with Crippen molar-refractivity contribution in [3.63, 3.8) is 0 Å². The van der Waals surface area contributed by atoms with E-state index in [1.54, 1.807) is 0 Å². The van der Waals surface area contributed by atoms with E-state index in [0.29, 0.717) is 0 Å². The summed E-state index contributed by atoms with van der Waals surface area (Å²) in [6, 6.07) is 0. The molecule has 0 aliphatic carbocycles. The molecule has 0 spiro atoms. The first-order valence-electron chi connectivity index (χ1n) is 7.39. The normalized spacial score (nSPS) is 13.8. The molecule has 0 fully saturated rings. The molecule has 0 unspecified atom stereocenters. The first-order chi connectivity index (χ1) is 9.56. The largest absolute Gasteiger partial charge is 0.293 e. The molecule has 0 heterocycles. The quantitative estimate of drug-likeness (QED) is 0.299. The van der Waals surface area contributed by atoms with Gasteiger partial charge in [0.1, 0.15) is 0 Å². The van der Waals surface area contributed by atoms with Crippen LogP contribution in [0.3, 0.4) is 0 Å². The van der Waals surface area contributed by atoms with E-state index in [2.05, 4.69) is 76.1 Å². The summed E-state index contributed by atoms with van der Waals surface area (Å²) in [5, 5.41) is 0. The summed E-state index contributed by atoms with van der Waals surface area (Å²) < 4.78 is 0. The number of hydrogen-bond donors (Lipinski definition) is 0. The summed E-state index contributed by atoms with van der Waals surface area (Å²) in [4.78, 5) is 4.33. The number of nitrogens with zero attached hydrogens (tertiary/aromatic N) is 1. The van der Waals surface area contributed by atoms with Crippen molar-refractivity contribution in [3.8, 4) is 0 Å².